The summed E-state index contributed by atoms with van der Waals surface area (Å²) in [6.07, 6.45) is 0. The lowest BCUT2D eigenvalue weighted by molar-refractivity contribution is 0.330. The summed E-state index contributed by atoms with van der Waals surface area (Å²) in [5.41, 5.74) is 0. The van der Waals surface area contributed by atoms with E-state index in [1.165, 1.54) is 0 Å². The maximum atomic E-state index is 10.3. The molecule has 9 heteroatoms. The van der Waals surface area contributed by atoms with Crippen molar-refractivity contribution in [2.24, 2.45) is 0 Å². The van der Waals surface area contributed by atoms with Crippen LogP contribution in [0.1, 0.15) is 0 Å². The van der Waals surface area contributed by atoms with Crippen LogP contribution in [0.25, 0.3) is 0 Å². The van der Waals surface area contributed by atoms with E-state index in [1.54, 1.807) is 0 Å². The second-order valence-electron chi connectivity index (χ2n) is 2.98. The normalized spacial score (nSPS) is 15.6. The third-order valence-electron chi connectivity index (χ3n) is 1.62. The van der Waals surface area contributed by atoms with Gasteiger partial charge in [-0.25, -0.2) is 0 Å². The summed E-state index contributed by atoms with van der Waals surface area (Å²) < 4.78 is 6.28. The summed E-state index contributed by atoms with van der Waals surface area (Å²) >= 11 is 21.8. The van der Waals surface area contributed by atoms with Crippen molar-refractivity contribution in [2.45, 2.75) is 2.14 Å². The first-order valence-corrected chi connectivity index (χ1v) is 10.8. The number of hydrogen-bond acceptors (Lipinski definition) is 2. The zero-order valence-electron chi connectivity index (χ0n) is 8.04. The molecule has 0 aromatic heterocycles. The van der Waals surface area contributed by atoms with E-state index < -0.39 is 8.63 Å². The van der Waals surface area contributed by atoms with Crippen LogP contribution in [0.4, 0.5) is 0 Å². The first-order chi connectivity index (χ1) is 7.63. The summed E-state index contributed by atoms with van der Waals surface area (Å²) in [6, 6.07) is 5.46. The topological polar surface area (TPSA) is 29.5 Å². The fraction of sp³-hybridized carbons (Fsp3) is 0.250. The fourth-order valence-electron chi connectivity index (χ4n) is 0.984. The number of halogens is 5. The van der Waals surface area contributed by atoms with Crippen LogP contribution in [0, 0.1) is 0 Å². The molecule has 0 saturated carbocycles. The third-order valence-corrected chi connectivity index (χ3v) is 6.63. The smallest absolute Gasteiger partial charge is 0.219 e. The number of hydrogen-bond donors (Lipinski definition) is 1. The zero-order valence-corrected chi connectivity index (χ0v) is 17.7. The molecule has 1 unspecified atom stereocenters. The van der Waals surface area contributed by atoms with Crippen LogP contribution >= 0.6 is 86.1 Å². The lowest BCUT2D eigenvalue weighted by Gasteiger charge is -2.21. The van der Waals surface area contributed by atoms with Gasteiger partial charge in [-0.2, -0.15) is 0 Å². The van der Waals surface area contributed by atoms with E-state index in [1.807, 2.05) is 18.2 Å². The Kier molecular flexibility index (Phi) is 6.86. The van der Waals surface area contributed by atoms with Gasteiger partial charge in [0.1, 0.15) is 0 Å². The van der Waals surface area contributed by atoms with Gasteiger partial charge in [0.05, 0.1) is 11.9 Å². The number of rotatable bonds is 3. The maximum Gasteiger partial charge on any atom is 0.219 e. The summed E-state index contributed by atoms with van der Waals surface area (Å²) in [7, 11) is 0. The number of benzene rings is 1. The van der Waals surface area contributed by atoms with E-state index in [0.717, 1.165) is 8.95 Å². The summed E-state index contributed by atoms with van der Waals surface area (Å²) in [5, 5.41) is 0.576. The molecule has 0 aliphatic carbocycles. The second kappa shape index (κ2) is 6.76. The molecule has 1 aromatic carbocycles. The molecule has 17 heavy (non-hydrogen) atoms. The maximum absolute atomic E-state index is 10.3. The molecule has 0 fully saturated rings. The van der Waals surface area contributed by atoms with Crippen LogP contribution in [0.5, 0.6) is 0 Å². The van der Waals surface area contributed by atoms with Crippen molar-refractivity contribution in [3.63, 3.8) is 0 Å². The van der Waals surface area contributed by atoms with Gasteiger partial charge in [0.2, 0.25) is 6.49 Å². The molecule has 1 N–H and O–H groups in total. The highest BCUT2D eigenvalue weighted by Crippen LogP contribution is 2.48. The van der Waals surface area contributed by atoms with Gasteiger partial charge in [0.15, 0.2) is 2.14 Å². The molecule has 0 saturated heterocycles. The minimum absolute atomic E-state index is 0.175. The Morgan fingerprint density at radius 1 is 1.24 bits per heavy atom. The minimum atomic E-state index is -3.07. The van der Waals surface area contributed by atoms with Crippen molar-refractivity contribution < 1.29 is 9.42 Å². The van der Waals surface area contributed by atoms with Crippen LogP contribution in [-0.4, -0.2) is 13.6 Å². The molecule has 1 aromatic rings. The Morgan fingerprint density at radius 2 is 1.71 bits per heavy atom. The number of alkyl halides is 3. The van der Waals surface area contributed by atoms with Crippen molar-refractivity contribution in [3.8, 4) is 0 Å². The Balaban J connectivity index is 3.02. The Hall–Kier alpha value is 2.19. The van der Waals surface area contributed by atoms with E-state index >= 15 is 0 Å². The highest BCUT2D eigenvalue weighted by molar-refractivity contribution is 9.39. The molecule has 2 nitrogen and oxygen atoms in total. The quantitative estimate of drug-likeness (QED) is 0.394. The van der Waals surface area contributed by atoms with Gasteiger partial charge in [-0.3, -0.25) is 0 Å². The summed E-state index contributed by atoms with van der Waals surface area (Å²) in [5.74, 6) is 0. The van der Waals surface area contributed by atoms with Crippen molar-refractivity contribution in [1.29, 1.82) is 0 Å². The van der Waals surface area contributed by atoms with E-state index in [9.17, 15) is 4.89 Å². The molecular formula is C8H6Br5O2PS. The first-order valence-electron chi connectivity index (χ1n) is 4.12. The molecule has 0 spiro atoms. The van der Waals surface area contributed by atoms with Crippen LogP contribution in [-0.2, 0) is 16.3 Å². The van der Waals surface area contributed by atoms with Crippen molar-refractivity contribution in [1.82, 2.24) is 0 Å². The highest BCUT2D eigenvalue weighted by atomic mass is 80.0. The Morgan fingerprint density at radius 3 is 2.12 bits per heavy atom. The molecule has 1 atom stereocenters. The van der Waals surface area contributed by atoms with Crippen LogP contribution in [0.3, 0.4) is 0 Å². The molecule has 1 rings (SSSR count). The zero-order chi connectivity index (χ0) is 13.3. The SMILES string of the molecule is OP(=S)(OCC(Br)(Br)Br)c1c(Br)cccc1Br. The van der Waals surface area contributed by atoms with E-state index in [0.29, 0.717) is 5.30 Å². The van der Waals surface area contributed by atoms with Gasteiger partial charge in [-0.05, 0) is 55.8 Å². The predicted octanol–water partition coefficient (Wildman–Crippen LogP) is 4.99. The molecule has 0 heterocycles. The summed E-state index contributed by atoms with van der Waals surface area (Å²) in [4.78, 5) is 10.3. The molecule has 96 valence electrons. The van der Waals surface area contributed by atoms with Crippen LogP contribution < -0.4 is 5.30 Å². The van der Waals surface area contributed by atoms with Gasteiger partial charge in [-0.15, -0.1) is 0 Å². The molecule has 0 bridgehead atoms. The van der Waals surface area contributed by atoms with Crippen LogP contribution in [0.15, 0.2) is 27.1 Å². The average molecular weight is 597 g/mol. The highest BCUT2D eigenvalue weighted by Gasteiger charge is 2.27. The van der Waals surface area contributed by atoms with Gasteiger partial charge in [0.25, 0.3) is 0 Å². The van der Waals surface area contributed by atoms with Gasteiger partial charge in [0, 0.05) is 8.95 Å². The van der Waals surface area contributed by atoms with Gasteiger partial charge < -0.3 is 9.42 Å². The Labute approximate surface area is 147 Å². The molecular weight excluding hydrogens is 591 g/mol. The monoisotopic (exact) mass is 592 g/mol. The van der Waals surface area contributed by atoms with Crippen molar-refractivity contribution in [2.75, 3.05) is 6.61 Å². The molecule has 0 radical (unpaired) electrons. The average Bonchev–Trinajstić information content (AvgIpc) is 2.13. The molecule has 0 amide bonds. The minimum Gasteiger partial charge on any atom is -0.342 e. The second-order valence-corrected chi connectivity index (χ2v) is 15.2. The van der Waals surface area contributed by atoms with Gasteiger partial charge >= 0.3 is 0 Å². The Bertz CT molecular complexity index is 441. The van der Waals surface area contributed by atoms with E-state index in [-0.39, 0.29) is 6.61 Å². The first kappa shape index (κ1) is 17.2. The lowest BCUT2D eigenvalue weighted by Crippen LogP contribution is -2.16. The largest absolute Gasteiger partial charge is 0.342 e. The fourth-order valence-corrected chi connectivity index (χ4v) is 6.94. The molecule has 0 aliphatic rings. The third kappa shape index (κ3) is 5.60. The van der Waals surface area contributed by atoms with Crippen LogP contribution in [0.2, 0.25) is 0 Å². The van der Waals surface area contributed by atoms with Crippen molar-refractivity contribution in [3.05, 3.63) is 27.1 Å². The lowest BCUT2D eigenvalue weighted by atomic mass is 10.4. The van der Waals surface area contributed by atoms with E-state index in [4.69, 9.17) is 16.3 Å². The molecule has 0 aliphatic heterocycles. The predicted molar refractivity (Wildman–Crippen MR) is 93.4 cm³/mol. The van der Waals surface area contributed by atoms with Gasteiger partial charge in [-0.1, -0.05) is 53.9 Å². The standard InChI is InChI=1S/C8H6Br5O2PS/c9-5-2-1-3-6(10)7(5)16(14,17)15-4-8(11,12)13/h1-3H,4H2,(H,14,17). The summed E-state index contributed by atoms with van der Waals surface area (Å²) in [6.45, 7) is -2.89. The van der Waals surface area contributed by atoms with E-state index in [2.05, 4.69) is 79.6 Å². The van der Waals surface area contributed by atoms with Crippen molar-refractivity contribution >= 4 is 103 Å².